The van der Waals surface area contributed by atoms with Gasteiger partial charge in [-0.2, -0.15) is 0 Å². The number of amides is 2. The van der Waals surface area contributed by atoms with Crippen molar-refractivity contribution < 1.29 is 9.59 Å². The molecule has 1 atom stereocenters. The van der Waals surface area contributed by atoms with E-state index in [-0.39, 0.29) is 11.8 Å². The van der Waals surface area contributed by atoms with Gasteiger partial charge in [0.25, 0.3) is 5.91 Å². The van der Waals surface area contributed by atoms with Gasteiger partial charge in [-0.1, -0.05) is 23.8 Å². The van der Waals surface area contributed by atoms with Crippen LogP contribution in [0, 0.1) is 6.92 Å². The van der Waals surface area contributed by atoms with E-state index in [4.69, 9.17) is 0 Å². The predicted octanol–water partition coefficient (Wildman–Crippen LogP) is 1.85. The van der Waals surface area contributed by atoms with Crippen LogP contribution in [-0.4, -0.2) is 58.8 Å². The summed E-state index contributed by atoms with van der Waals surface area (Å²) >= 11 is 0. The zero-order valence-corrected chi connectivity index (χ0v) is 15.9. The van der Waals surface area contributed by atoms with Crippen LogP contribution >= 0.6 is 0 Å². The summed E-state index contributed by atoms with van der Waals surface area (Å²) in [6.45, 7) is 7.51. The summed E-state index contributed by atoms with van der Waals surface area (Å²) in [4.78, 5) is 33.3. The minimum Gasteiger partial charge on any atom is -0.341 e. The van der Waals surface area contributed by atoms with Gasteiger partial charge in [-0.25, -0.2) is 0 Å². The molecule has 1 aliphatic rings. The minimum atomic E-state index is -0.539. The van der Waals surface area contributed by atoms with Crippen molar-refractivity contribution in [3.8, 4) is 0 Å². The first-order valence-corrected chi connectivity index (χ1v) is 9.30. The van der Waals surface area contributed by atoms with Gasteiger partial charge < -0.3 is 10.2 Å². The van der Waals surface area contributed by atoms with Crippen LogP contribution in [0.1, 0.15) is 28.4 Å². The Morgan fingerprint density at radius 3 is 2.59 bits per heavy atom. The minimum absolute atomic E-state index is 0.0305. The van der Waals surface area contributed by atoms with Crippen molar-refractivity contribution in [3.63, 3.8) is 0 Å². The van der Waals surface area contributed by atoms with Crippen LogP contribution in [0.3, 0.4) is 0 Å². The fourth-order valence-corrected chi connectivity index (χ4v) is 3.28. The molecule has 2 heterocycles. The zero-order valence-electron chi connectivity index (χ0n) is 15.9. The van der Waals surface area contributed by atoms with Gasteiger partial charge in [-0.15, -0.1) is 0 Å². The van der Waals surface area contributed by atoms with E-state index in [0.717, 1.165) is 25.2 Å². The maximum Gasteiger partial charge on any atom is 0.251 e. The molecule has 0 aliphatic carbocycles. The molecule has 1 fully saturated rings. The maximum atomic E-state index is 12.7. The van der Waals surface area contributed by atoms with Crippen LogP contribution in [0.15, 0.2) is 48.8 Å². The predicted molar refractivity (Wildman–Crippen MR) is 104 cm³/mol. The van der Waals surface area contributed by atoms with Gasteiger partial charge in [0.05, 0.1) is 0 Å². The summed E-state index contributed by atoms with van der Waals surface area (Å²) in [5, 5.41) is 2.82. The highest BCUT2D eigenvalue weighted by molar-refractivity contribution is 5.97. The molecule has 27 heavy (non-hydrogen) atoms. The quantitative estimate of drug-likeness (QED) is 0.877. The first-order chi connectivity index (χ1) is 13.0. The lowest BCUT2D eigenvalue weighted by Crippen LogP contribution is -2.53. The van der Waals surface area contributed by atoms with Gasteiger partial charge in [-0.3, -0.25) is 19.5 Å². The molecular formula is C21H26N4O2. The number of nitrogens with zero attached hydrogens (tertiary/aromatic N) is 3. The number of pyridine rings is 1. The van der Waals surface area contributed by atoms with Gasteiger partial charge in [0.15, 0.2) is 0 Å². The first-order valence-electron chi connectivity index (χ1n) is 9.30. The van der Waals surface area contributed by atoms with E-state index >= 15 is 0 Å². The summed E-state index contributed by atoms with van der Waals surface area (Å²) in [5.41, 5.74) is 2.78. The first kappa shape index (κ1) is 19.0. The van der Waals surface area contributed by atoms with Crippen LogP contribution in [0.2, 0.25) is 0 Å². The second-order valence-electron chi connectivity index (χ2n) is 7.03. The van der Waals surface area contributed by atoms with Crippen LogP contribution in [0.4, 0.5) is 0 Å². The van der Waals surface area contributed by atoms with E-state index in [2.05, 4.69) is 21.3 Å². The number of piperazine rings is 1. The molecule has 0 radical (unpaired) electrons. The molecule has 142 valence electrons. The van der Waals surface area contributed by atoms with Gasteiger partial charge in [0, 0.05) is 50.7 Å². The number of hydrogen-bond acceptors (Lipinski definition) is 4. The third-order valence-electron chi connectivity index (χ3n) is 4.81. The second-order valence-corrected chi connectivity index (χ2v) is 7.03. The Balaban J connectivity index is 1.49. The van der Waals surface area contributed by atoms with Gasteiger partial charge in [0.2, 0.25) is 5.91 Å². The average Bonchev–Trinajstić information content (AvgIpc) is 2.69. The molecule has 1 N–H and O–H groups in total. The number of carbonyl (C=O) groups excluding carboxylic acids is 2. The standard InChI is InChI=1S/C21H26N4O2/c1-16-5-3-7-19(13-16)20(26)23-17(2)21(27)25-11-9-24(10-12-25)15-18-6-4-8-22-14-18/h3-8,13-14,17H,9-12,15H2,1-2H3,(H,23,26). The van der Waals surface area contributed by atoms with Crippen molar-refractivity contribution in [1.82, 2.24) is 20.1 Å². The molecule has 6 heteroatoms. The molecule has 0 bridgehead atoms. The molecule has 2 amide bonds. The molecule has 1 unspecified atom stereocenters. The topological polar surface area (TPSA) is 65.5 Å². The highest BCUT2D eigenvalue weighted by Crippen LogP contribution is 2.09. The van der Waals surface area contributed by atoms with Crippen LogP contribution in [-0.2, 0) is 11.3 Å². The molecule has 3 rings (SSSR count). The molecule has 1 saturated heterocycles. The molecule has 6 nitrogen and oxygen atoms in total. The van der Waals surface area contributed by atoms with E-state index in [1.165, 1.54) is 5.56 Å². The Kier molecular flexibility index (Phi) is 6.19. The van der Waals surface area contributed by atoms with Gasteiger partial charge in [0.1, 0.15) is 6.04 Å². The molecule has 1 aromatic heterocycles. The average molecular weight is 366 g/mol. The second kappa shape index (κ2) is 8.77. The smallest absolute Gasteiger partial charge is 0.251 e. The normalized spacial score (nSPS) is 16.0. The van der Waals surface area contributed by atoms with E-state index in [1.807, 2.05) is 42.3 Å². The van der Waals surface area contributed by atoms with Crippen molar-refractivity contribution in [2.24, 2.45) is 0 Å². The summed E-state index contributed by atoms with van der Waals surface area (Å²) in [6.07, 6.45) is 3.65. The lowest BCUT2D eigenvalue weighted by Gasteiger charge is -2.36. The van der Waals surface area contributed by atoms with Crippen molar-refractivity contribution in [1.29, 1.82) is 0 Å². The molecule has 1 aromatic carbocycles. The van der Waals surface area contributed by atoms with Crippen LogP contribution in [0.5, 0.6) is 0 Å². The lowest BCUT2D eigenvalue weighted by molar-refractivity contribution is -0.134. The van der Waals surface area contributed by atoms with E-state index in [1.54, 1.807) is 19.2 Å². The third-order valence-corrected chi connectivity index (χ3v) is 4.81. The fraction of sp³-hybridized carbons (Fsp3) is 0.381. The third kappa shape index (κ3) is 5.14. The molecule has 0 spiro atoms. The van der Waals surface area contributed by atoms with Crippen molar-refractivity contribution in [2.45, 2.75) is 26.4 Å². The van der Waals surface area contributed by atoms with Crippen molar-refractivity contribution >= 4 is 11.8 Å². The SMILES string of the molecule is Cc1cccc(C(=O)NC(C)C(=O)N2CCN(Cc3cccnc3)CC2)c1. The van der Waals surface area contributed by atoms with Gasteiger partial charge >= 0.3 is 0 Å². The van der Waals surface area contributed by atoms with Crippen LogP contribution in [0.25, 0.3) is 0 Å². The highest BCUT2D eigenvalue weighted by atomic mass is 16.2. The number of aryl methyl sites for hydroxylation is 1. The summed E-state index contributed by atoms with van der Waals surface area (Å²) in [5.74, 6) is -0.244. The van der Waals surface area contributed by atoms with Crippen LogP contribution < -0.4 is 5.32 Å². The molecular weight excluding hydrogens is 340 g/mol. The van der Waals surface area contributed by atoms with Gasteiger partial charge in [-0.05, 0) is 37.6 Å². The zero-order chi connectivity index (χ0) is 19.2. The summed E-state index contributed by atoms with van der Waals surface area (Å²) < 4.78 is 0. The fourth-order valence-electron chi connectivity index (χ4n) is 3.28. The van der Waals surface area contributed by atoms with E-state index < -0.39 is 6.04 Å². The number of hydrogen-bond donors (Lipinski definition) is 1. The summed E-state index contributed by atoms with van der Waals surface area (Å²) in [6, 6.07) is 10.8. The number of benzene rings is 1. The maximum absolute atomic E-state index is 12.7. The number of nitrogens with one attached hydrogen (secondary N) is 1. The molecule has 0 saturated carbocycles. The Morgan fingerprint density at radius 1 is 1.15 bits per heavy atom. The van der Waals surface area contributed by atoms with E-state index in [9.17, 15) is 9.59 Å². The lowest BCUT2D eigenvalue weighted by atomic mass is 10.1. The Labute approximate surface area is 160 Å². The monoisotopic (exact) mass is 366 g/mol. The molecule has 1 aliphatic heterocycles. The number of carbonyl (C=O) groups is 2. The molecule has 2 aromatic rings. The highest BCUT2D eigenvalue weighted by Gasteiger charge is 2.26. The van der Waals surface area contributed by atoms with E-state index in [0.29, 0.717) is 18.7 Å². The Morgan fingerprint density at radius 2 is 1.93 bits per heavy atom. The Hall–Kier alpha value is -2.73. The largest absolute Gasteiger partial charge is 0.341 e. The summed E-state index contributed by atoms with van der Waals surface area (Å²) in [7, 11) is 0. The van der Waals surface area contributed by atoms with Crippen molar-refractivity contribution in [2.75, 3.05) is 26.2 Å². The number of aromatic nitrogens is 1. The number of rotatable bonds is 5. The van der Waals surface area contributed by atoms with Crippen molar-refractivity contribution in [3.05, 3.63) is 65.5 Å². The Bertz CT molecular complexity index is 786.